The molecule has 104 valence electrons. The van der Waals surface area contributed by atoms with E-state index < -0.39 is 0 Å². The van der Waals surface area contributed by atoms with Crippen molar-refractivity contribution < 1.29 is 4.79 Å². The first-order valence-corrected chi connectivity index (χ1v) is 7.11. The quantitative estimate of drug-likeness (QED) is 0.926. The van der Waals surface area contributed by atoms with E-state index in [0.717, 1.165) is 19.5 Å². The molecule has 0 bridgehead atoms. The summed E-state index contributed by atoms with van der Waals surface area (Å²) in [7, 11) is 0. The summed E-state index contributed by atoms with van der Waals surface area (Å²) in [4.78, 5) is 18.6. The van der Waals surface area contributed by atoms with Gasteiger partial charge < -0.3 is 10.2 Å². The van der Waals surface area contributed by atoms with Crippen LogP contribution in [0.3, 0.4) is 0 Å². The van der Waals surface area contributed by atoms with Crippen LogP contribution < -0.4 is 5.32 Å². The van der Waals surface area contributed by atoms with Crippen molar-refractivity contribution in [2.24, 2.45) is 5.92 Å². The molecule has 4 nitrogen and oxygen atoms in total. The van der Waals surface area contributed by atoms with Crippen molar-refractivity contribution in [3.63, 3.8) is 0 Å². The molecule has 1 N–H and O–H groups in total. The van der Waals surface area contributed by atoms with E-state index in [1.807, 2.05) is 11.8 Å². The van der Waals surface area contributed by atoms with Crippen LogP contribution in [0.4, 0.5) is 5.82 Å². The Kier molecular flexibility index (Phi) is 4.30. The third-order valence-corrected chi connectivity index (χ3v) is 3.79. The maximum absolute atomic E-state index is 12.6. The van der Waals surface area contributed by atoms with E-state index in [9.17, 15) is 4.79 Å². The number of carbonyl (C=O) groups excluding carboxylic acids is 1. The topological polar surface area (TPSA) is 45.2 Å². The summed E-state index contributed by atoms with van der Waals surface area (Å²) in [5, 5.41) is 3.52. The average Bonchev–Trinajstić information content (AvgIpc) is 2.70. The zero-order valence-electron chi connectivity index (χ0n) is 11.6. The SMILES string of the molecule is CCNc1cc(C(=O)N2CC(C)CC2C)c(Cl)cn1. The van der Waals surface area contributed by atoms with Gasteiger partial charge in [0.15, 0.2) is 0 Å². The van der Waals surface area contributed by atoms with Crippen molar-refractivity contribution in [2.75, 3.05) is 18.4 Å². The second kappa shape index (κ2) is 5.78. The first kappa shape index (κ1) is 14.1. The Morgan fingerprint density at radius 3 is 2.89 bits per heavy atom. The molecule has 1 saturated heterocycles. The van der Waals surface area contributed by atoms with E-state index in [2.05, 4.69) is 24.1 Å². The molecular formula is C14H20ClN3O. The molecule has 1 amide bonds. The fourth-order valence-corrected chi connectivity index (χ4v) is 2.80. The number of rotatable bonds is 3. The molecule has 19 heavy (non-hydrogen) atoms. The Hall–Kier alpha value is -1.29. The number of likely N-dealkylation sites (tertiary alicyclic amines) is 1. The molecule has 5 heteroatoms. The van der Waals surface area contributed by atoms with Gasteiger partial charge in [0.2, 0.25) is 0 Å². The van der Waals surface area contributed by atoms with E-state index in [1.165, 1.54) is 6.20 Å². The standard InChI is InChI=1S/C14H20ClN3O/c1-4-16-13-6-11(12(15)7-17-13)14(19)18-8-9(2)5-10(18)3/h6-7,9-10H,4-5,8H2,1-3H3,(H,16,17). The van der Waals surface area contributed by atoms with Crippen molar-refractivity contribution >= 4 is 23.3 Å². The van der Waals surface area contributed by atoms with Gasteiger partial charge in [0.1, 0.15) is 5.82 Å². The molecule has 2 heterocycles. The van der Waals surface area contributed by atoms with Gasteiger partial charge in [-0.2, -0.15) is 0 Å². The van der Waals surface area contributed by atoms with Gasteiger partial charge in [-0.25, -0.2) is 4.98 Å². The number of anilines is 1. The van der Waals surface area contributed by atoms with Crippen molar-refractivity contribution in [3.05, 3.63) is 22.8 Å². The average molecular weight is 282 g/mol. The third-order valence-electron chi connectivity index (χ3n) is 3.49. The molecule has 2 rings (SSSR count). The minimum absolute atomic E-state index is 0.00315. The van der Waals surface area contributed by atoms with Gasteiger partial charge in [-0.05, 0) is 32.3 Å². The summed E-state index contributed by atoms with van der Waals surface area (Å²) in [6.07, 6.45) is 2.59. The lowest BCUT2D eigenvalue weighted by atomic mass is 10.1. The van der Waals surface area contributed by atoms with Crippen molar-refractivity contribution in [3.8, 4) is 0 Å². The van der Waals surface area contributed by atoms with Gasteiger partial charge in [0.25, 0.3) is 5.91 Å². The number of nitrogens with zero attached hydrogens (tertiary/aromatic N) is 2. The van der Waals surface area contributed by atoms with E-state index in [0.29, 0.717) is 22.3 Å². The second-order valence-corrected chi connectivity index (χ2v) is 5.63. The van der Waals surface area contributed by atoms with Crippen LogP contribution in [0.15, 0.2) is 12.3 Å². The zero-order valence-corrected chi connectivity index (χ0v) is 12.4. The van der Waals surface area contributed by atoms with Crippen LogP contribution in [0.25, 0.3) is 0 Å². The largest absolute Gasteiger partial charge is 0.370 e. The van der Waals surface area contributed by atoms with Crippen LogP contribution in [-0.2, 0) is 0 Å². The summed E-state index contributed by atoms with van der Waals surface area (Å²) in [5.41, 5.74) is 0.536. The normalized spacial score (nSPS) is 22.6. The van der Waals surface area contributed by atoms with Crippen molar-refractivity contribution in [2.45, 2.75) is 33.2 Å². The Bertz CT molecular complexity index is 478. The summed E-state index contributed by atoms with van der Waals surface area (Å²) in [6.45, 7) is 7.81. The minimum atomic E-state index is 0.00315. The molecule has 2 atom stereocenters. The zero-order chi connectivity index (χ0) is 14.0. The van der Waals surface area contributed by atoms with E-state index >= 15 is 0 Å². The molecular weight excluding hydrogens is 262 g/mol. The summed E-state index contributed by atoms with van der Waals surface area (Å²) < 4.78 is 0. The number of amides is 1. The molecule has 2 unspecified atom stereocenters. The Morgan fingerprint density at radius 1 is 1.58 bits per heavy atom. The summed E-state index contributed by atoms with van der Waals surface area (Å²) in [5.74, 6) is 1.24. The number of carbonyl (C=O) groups is 1. The predicted molar refractivity (Wildman–Crippen MR) is 77.7 cm³/mol. The minimum Gasteiger partial charge on any atom is -0.370 e. The highest BCUT2D eigenvalue weighted by molar-refractivity contribution is 6.33. The van der Waals surface area contributed by atoms with Gasteiger partial charge >= 0.3 is 0 Å². The fraction of sp³-hybridized carbons (Fsp3) is 0.571. The molecule has 1 aliphatic rings. The van der Waals surface area contributed by atoms with Gasteiger partial charge in [0, 0.05) is 25.3 Å². The second-order valence-electron chi connectivity index (χ2n) is 5.23. The molecule has 0 aliphatic carbocycles. The molecule has 1 aromatic heterocycles. The fourth-order valence-electron chi connectivity index (χ4n) is 2.62. The number of pyridine rings is 1. The molecule has 1 aliphatic heterocycles. The first-order valence-electron chi connectivity index (χ1n) is 6.73. The van der Waals surface area contributed by atoms with Gasteiger partial charge in [-0.3, -0.25) is 4.79 Å². The Balaban J connectivity index is 2.25. The summed E-state index contributed by atoms with van der Waals surface area (Å²) >= 11 is 6.12. The maximum Gasteiger partial charge on any atom is 0.255 e. The molecule has 0 spiro atoms. The van der Waals surface area contributed by atoms with E-state index in [-0.39, 0.29) is 11.9 Å². The molecule has 1 fully saturated rings. The lowest BCUT2D eigenvalue weighted by Crippen LogP contribution is -2.34. The van der Waals surface area contributed by atoms with Crippen LogP contribution in [0.1, 0.15) is 37.6 Å². The number of hydrogen-bond acceptors (Lipinski definition) is 3. The van der Waals surface area contributed by atoms with Crippen LogP contribution in [0, 0.1) is 5.92 Å². The predicted octanol–water partition coefficient (Wildman–Crippen LogP) is 3.04. The van der Waals surface area contributed by atoms with Gasteiger partial charge in [-0.15, -0.1) is 0 Å². The Morgan fingerprint density at radius 2 is 2.32 bits per heavy atom. The van der Waals surface area contributed by atoms with Crippen LogP contribution in [-0.4, -0.2) is 34.9 Å². The number of nitrogens with one attached hydrogen (secondary N) is 1. The number of hydrogen-bond donors (Lipinski definition) is 1. The molecule has 0 saturated carbocycles. The van der Waals surface area contributed by atoms with E-state index in [4.69, 9.17) is 11.6 Å². The Labute approximate surface area is 119 Å². The van der Waals surface area contributed by atoms with Crippen LogP contribution in [0.2, 0.25) is 5.02 Å². The molecule has 1 aromatic rings. The smallest absolute Gasteiger partial charge is 0.255 e. The van der Waals surface area contributed by atoms with Gasteiger partial charge in [-0.1, -0.05) is 18.5 Å². The monoisotopic (exact) mass is 281 g/mol. The highest BCUT2D eigenvalue weighted by Crippen LogP contribution is 2.27. The third kappa shape index (κ3) is 3.00. The highest BCUT2D eigenvalue weighted by Gasteiger charge is 2.31. The molecule has 0 aromatic carbocycles. The highest BCUT2D eigenvalue weighted by atomic mass is 35.5. The first-order chi connectivity index (χ1) is 9.02. The lowest BCUT2D eigenvalue weighted by Gasteiger charge is -2.22. The summed E-state index contributed by atoms with van der Waals surface area (Å²) in [6, 6.07) is 2.01. The van der Waals surface area contributed by atoms with Crippen LogP contribution >= 0.6 is 11.6 Å². The maximum atomic E-state index is 12.6. The van der Waals surface area contributed by atoms with Crippen molar-refractivity contribution in [1.29, 1.82) is 0 Å². The van der Waals surface area contributed by atoms with Crippen molar-refractivity contribution in [1.82, 2.24) is 9.88 Å². The number of halogens is 1. The van der Waals surface area contributed by atoms with Crippen LogP contribution in [0.5, 0.6) is 0 Å². The number of aromatic nitrogens is 1. The molecule has 0 radical (unpaired) electrons. The lowest BCUT2D eigenvalue weighted by molar-refractivity contribution is 0.0744. The van der Waals surface area contributed by atoms with E-state index in [1.54, 1.807) is 6.07 Å². The van der Waals surface area contributed by atoms with Gasteiger partial charge in [0.05, 0.1) is 10.6 Å².